The van der Waals surface area contributed by atoms with Crippen LogP contribution in [-0.4, -0.2) is 75.8 Å². The van der Waals surface area contributed by atoms with Crippen molar-refractivity contribution >= 4 is 40.4 Å². The molecule has 5 rings (SSSR count). The van der Waals surface area contributed by atoms with E-state index < -0.39 is 0 Å². The van der Waals surface area contributed by atoms with Crippen molar-refractivity contribution in [3.8, 4) is 10.6 Å². The number of nitrogens with zero attached hydrogens (tertiary/aromatic N) is 3. The standard InChI is InChI=1S/C24H27ClN4O4S/c1-13-8-9-27-28-21(13)19-6-7-20(34-19)24(32)26-10-17(30)14-4-2-3-5-16(14)29-11-15(25)23-22(29)18(31)12-33-23/h6-9,14-16,22-23H,2-5,10-12H2,1H3,(H,26,32)/t14-,15-,16?,22+,23+/m0/s1. The zero-order valence-corrected chi connectivity index (χ0v) is 20.5. The zero-order chi connectivity index (χ0) is 23.8. The fourth-order valence-corrected chi connectivity index (χ4v) is 6.81. The normalized spacial score (nSPS) is 29.2. The third-order valence-corrected chi connectivity index (χ3v) is 8.61. The van der Waals surface area contributed by atoms with Gasteiger partial charge in [-0.15, -0.1) is 28.0 Å². The van der Waals surface area contributed by atoms with Gasteiger partial charge in [0, 0.05) is 24.7 Å². The molecule has 2 aliphatic heterocycles. The minimum Gasteiger partial charge on any atom is -0.367 e. The number of ketones is 2. The number of alkyl halides is 1. The summed E-state index contributed by atoms with van der Waals surface area (Å²) >= 11 is 7.81. The first kappa shape index (κ1) is 23.5. The monoisotopic (exact) mass is 502 g/mol. The molecule has 10 heteroatoms. The van der Waals surface area contributed by atoms with E-state index in [9.17, 15) is 14.4 Å². The van der Waals surface area contributed by atoms with Crippen molar-refractivity contribution in [1.29, 1.82) is 0 Å². The number of Topliss-reactive ketones (excluding diaryl/α,β-unsaturated/α-hetero) is 2. The van der Waals surface area contributed by atoms with Gasteiger partial charge in [0.05, 0.1) is 33.8 Å². The van der Waals surface area contributed by atoms with Crippen LogP contribution in [0, 0.1) is 12.8 Å². The van der Waals surface area contributed by atoms with Crippen molar-refractivity contribution in [3.05, 3.63) is 34.8 Å². The Bertz CT molecular complexity index is 1110. The molecule has 3 fully saturated rings. The van der Waals surface area contributed by atoms with Gasteiger partial charge in [-0.25, -0.2) is 0 Å². The van der Waals surface area contributed by atoms with Gasteiger partial charge in [-0.05, 0) is 43.5 Å². The van der Waals surface area contributed by atoms with E-state index in [1.54, 1.807) is 12.3 Å². The summed E-state index contributed by atoms with van der Waals surface area (Å²) in [4.78, 5) is 41.9. The van der Waals surface area contributed by atoms with Crippen LogP contribution in [-0.2, 0) is 14.3 Å². The molecule has 1 aliphatic carbocycles. The summed E-state index contributed by atoms with van der Waals surface area (Å²) < 4.78 is 5.62. The summed E-state index contributed by atoms with van der Waals surface area (Å²) in [6.07, 6.45) is 4.91. The van der Waals surface area contributed by atoms with Gasteiger partial charge in [0.2, 0.25) is 0 Å². The molecular weight excluding hydrogens is 476 g/mol. The summed E-state index contributed by atoms with van der Waals surface area (Å²) in [5, 5.41) is 10.6. The Balaban J connectivity index is 1.24. The smallest absolute Gasteiger partial charge is 0.261 e. The minimum absolute atomic E-state index is 0.000497. The summed E-state index contributed by atoms with van der Waals surface area (Å²) in [6, 6.07) is 5.07. The third kappa shape index (κ3) is 4.42. The largest absolute Gasteiger partial charge is 0.367 e. The summed E-state index contributed by atoms with van der Waals surface area (Å²) in [7, 11) is 0. The molecule has 0 bridgehead atoms. The number of halogens is 1. The molecule has 0 aromatic carbocycles. The van der Waals surface area contributed by atoms with Crippen molar-refractivity contribution in [2.45, 2.75) is 56.2 Å². The maximum atomic E-state index is 13.2. The van der Waals surface area contributed by atoms with Crippen LogP contribution in [0.15, 0.2) is 24.4 Å². The molecule has 34 heavy (non-hydrogen) atoms. The lowest BCUT2D eigenvalue weighted by molar-refractivity contribution is -0.128. The van der Waals surface area contributed by atoms with E-state index in [-0.39, 0.29) is 60.1 Å². The predicted octanol–water partition coefficient (Wildman–Crippen LogP) is 2.63. The minimum atomic E-state index is -0.357. The SMILES string of the molecule is Cc1ccnnc1-c1ccc(C(=O)NCC(=O)[C@H]2CCCCC2N2C[C@H](Cl)[C@H]3OCC(=O)[C@H]32)s1. The van der Waals surface area contributed by atoms with Crippen LogP contribution in [0.3, 0.4) is 0 Å². The van der Waals surface area contributed by atoms with E-state index in [4.69, 9.17) is 16.3 Å². The number of ether oxygens (including phenoxy) is 1. The fraction of sp³-hybridized carbons (Fsp3) is 0.542. The quantitative estimate of drug-likeness (QED) is 0.606. The van der Waals surface area contributed by atoms with Gasteiger partial charge in [-0.2, -0.15) is 5.10 Å². The molecule has 5 atom stereocenters. The first-order valence-electron chi connectivity index (χ1n) is 11.7. The Labute approximate surface area is 207 Å². The van der Waals surface area contributed by atoms with E-state index >= 15 is 0 Å². The summed E-state index contributed by atoms with van der Waals surface area (Å²) in [5.74, 6) is -0.461. The number of aryl methyl sites for hydroxylation is 1. The number of thiophene rings is 1. The van der Waals surface area contributed by atoms with Gasteiger partial charge in [-0.1, -0.05) is 12.8 Å². The number of rotatable bonds is 6. The van der Waals surface area contributed by atoms with Gasteiger partial charge in [-0.3, -0.25) is 19.3 Å². The number of carbonyl (C=O) groups is 3. The molecule has 2 aromatic rings. The molecule has 1 amide bonds. The van der Waals surface area contributed by atoms with Gasteiger partial charge < -0.3 is 10.1 Å². The lowest BCUT2D eigenvalue weighted by Crippen LogP contribution is -2.52. The van der Waals surface area contributed by atoms with E-state index in [2.05, 4.69) is 20.4 Å². The van der Waals surface area contributed by atoms with Gasteiger partial charge >= 0.3 is 0 Å². The lowest BCUT2D eigenvalue weighted by atomic mass is 9.80. The van der Waals surface area contributed by atoms with Crippen LogP contribution in [0.5, 0.6) is 0 Å². The van der Waals surface area contributed by atoms with Gasteiger partial charge in [0.15, 0.2) is 11.6 Å². The molecular formula is C24H27ClN4O4S. The average molecular weight is 503 g/mol. The number of hydrogen-bond acceptors (Lipinski definition) is 8. The molecule has 0 radical (unpaired) electrons. The van der Waals surface area contributed by atoms with Crippen molar-refractivity contribution in [2.75, 3.05) is 19.7 Å². The van der Waals surface area contributed by atoms with Crippen LogP contribution in [0.1, 0.15) is 40.9 Å². The van der Waals surface area contributed by atoms with Crippen LogP contribution < -0.4 is 5.32 Å². The number of nitrogens with one attached hydrogen (secondary N) is 1. The first-order chi connectivity index (χ1) is 16.4. The fourth-order valence-electron chi connectivity index (χ4n) is 5.47. The van der Waals surface area contributed by atoms with Crippen molar-refractivity contribution in [2.24, 2.45) is 5.92 Å². The Kier molecular flexibility index (Phi) is 6.79. The second kappa shape index (κ2) is 9.81. The van der Waals surface area contributed by atoms with E-state index in [1.165, 1.54) is 11.3 Å². The number of likely N-dealkylation sites (tertiary alicyclic amines) is 1. The van der Waals surface area contributed by atoms with E-state index in [1.807, 2.05) is 19.1 Å². The second-order valence-corrected chi connectivity index (χ2v) is 10.9. The van der Waals surface area contributed by atoms with Crippen LogP contribution >= 0.6 is 22.9 Å². The number of fused-ring (bicyclic) bond motifs is 1. The number of carbonyl (C=O) groups excluding carboxylic acids is 3. The van der Waals surface area contributed by atoms with E-state index in [0.29, 0.717) is 11.4 Å². The molecule has 4 heterocycles. The second-order valence-electron chi connectivity index (χ2n) is 9.23. The molecule has 2 aromatic heterocycles. The lowest BCUT2D eigenvalue weighted by Gasteiger charge is -2.39. The maximum Gasteiger partial charge on any atom is 0.261 e. The summed E-state index contributed by atoms with van der Waals surface area (Å²) in [6.45, 7) is 2.55. The van der Waals surface area contributed by atoms with Crippen molar-refractivity contribution < 1.29 is 19.1 Å². The number of hydrogen-bond donors (Lipinski definition) is 1. The topological polar surface area (TPSA) is 101 Å². The molecule has 1 unspecified atom stereocenters. The van der Waals surface area contributed by atoms with E-state index in [0.717, 1.165) is 41.8 Å². The number of aromatic nitrogens is 2. The molecule has 1 N–H and O–H groups in total. The Morgan fingerprint density at radius 1 is 1.26 bits per heavy atom. The number of amides is 1. The highest BCUT2D eigenvalue weighted by atomic mass is 35.5. The molecule has 1 saturated carbocycles. The third-order valence-electron chi connectivity index (χ3n) is 7.14. The van der Waals surface area contributed by atoms with Crippen molar-refractivity contribution in [3.63, 3.8) is 0 Å². The molecule has 0 spiro atoms. The zero-order valence-electron chi connectivity index (χ0n) is 18.9. The predicted molar refractivity (Wildman–Crippen MR) is 128 cm³/mol. The highest BCUT2D eigenvalue weighted by Gasteiger charge is 2.53. The Morgan fingerprint density at radius 2 is 2.09 bits per heavy atom. The Morgan fingerprint density at radius 3 is 2.91 bits per heavy atom. The van der Waals surface area contributed by atoms with Gasteiger partial charge in [0.1, 0.15) is 12.3 Å². The van der Waals surface area contributed by atoms with Gasteiger partial charge in [0.25, 0.3) is 5.91 Å². The maximum absolute atomic E-state index is 13.2. The Hall–Kier alpha value is -2.20. The molecule has 180 valence electrons. The van der Waals surface area contributed by atoms with Crippen LogP contribution in [0.4, 0.5) is 0 Å². The highest BCUT2D eigenvalue weighted by Crippen LogP contribution is 2.38. The highest BCUT2D eigenvalue weighted by molar-refractivity contribution is 7.17. The van der Waals surface area contributed by atoms with Crippen molar-refractivity contribution in [1.82, 2.24) is 20.4 Å². The molecule has 2 saturated heterocycles. The molecule has 3 aliphatic rings. The first-order valence-corrected chi connectivity index (χ1v) is 12.9. The summed E-state index contributed by atoms with van der Waals surface area (Å²) in [5.41, 5.74) is 1.73. The average Bonchev–Trinajstić information content (AvgIpc) is 3.56. The van der Waals surface area contributed by atoms with Crippen LogP contribution in [0.25, 0.3) is 10.6 Å². The molecule has 8 nitrogen and oxygen atoms in total. The van der Waals surface area contributed by atoms with Crippen LogP contribution in [0.2, 0.25) is 0 Å².